The summed E-state index contributed by atoms with van der Waals surface area (Å²) < 4.78 is 40.4. The van der Waals surface area contributed by atoms with Gasteiger partial charge in [0, 0.05) is 33.3 Å². The maximum Gasteiger partial charge on any atom is 0.493 e. The summed E-state index contributed by atoms with van der Waals surface area (Å²) in [6.45, 7) is 0. The van der Waals surface area contributed by atoms with Crippen LogP contribution in [0, 0.1) is 0 Å². The lowest BCUT2D eigenvalue weighted by molar-refractivity contribution is -0.203. The van der Waals surface area contributed by atoms with Gasteiger partial charge >= 0.3 is 6.30 Å². The van der Waals surface area contributed by atoms with Crippen molar-refractivity contribution in [2.24, 2.45) is 0 Å². The highest BCUT2D eigenvalue weighted by Crippen LogP contribution is 2.34. The van der Waals surface area contributed by atoms with Gasteiger partial charge in [0.1, 0.15) is 6.10 Å². The molecule has 2 aromatic heterocycles. The molecule has 1 unspecified atom stereocenters. The van der Waals surface area contributed by atoms with E-state index in [0.29, 0.717) is 21.2 Å². The smallest absolute Gasteiger partial charge is 0.384 e. The van der Waals surface area contributed by atoms with E-state index in [2.05, 4.69) is 4.98 Å². The van der Waals surface area contributed by atoms with Crippen LogP contribution < -0.4 is 5.56 Å². The van der Waals surface area contributed by atoms with Crippen LogP contribution in [0.4, 0.5) is 13.2 Å². The van der Waals surface area contributed by atoms with Gasteiger partial charge in [-0.15, -0.1) is 13.2 Å². The van der Waals surface area contributed by atoms with Crippen molar-refractivity contribution < 1.29 is 18.3 Å². The number of alkyl halides is 3. The Bertz CT molecular complexity index is 1340. The van der Waals surface area contributed by atoms with Gasteiger partial charge in [0.15, 0.2) is 5.65 Å². The Morgan fingerprint density at radius 2 is 1.65 bits per heavy atom. The number of fused-ring (bicyclic) bond motifs is 1. The summed E-state index contributed by atoms with van der Waals surface area (Å²) in [6, 6.07) is 15.1. The summed E-state index contributed by atoms with van der Waals surface area (Å²) in [5.41, 5.74) is -0.426. The monoisotopic (exact) mass is 464 g/mol. The largest absolute Gasteiger partial charge is 0.493 e. The fraction of sp³-hybridized carbons (Fsp3) is 0.0909. The van der Waals surface area contributed by atoms with Crippen LogP contribution in [-0.2, 0) is 6.30 Å². The Morgan fingerprint density at radius 3 is 2.29 bits per heavy atom. The summed E-state index contributed by atoms with van der Waals surface area (Å²) in [6.07, 6.45) is -5.01. The molecule has 0 aliphatic heterocycles. The van der Waals surface area contributed by atoms with E-state index in [1.54, 1.807) is 42.5 Å². The lowest BCUT2D eigenvalue weighted by atomic mass is 9.98. The molecule has 9 heteroatoms. The van der Waals surface area contributed by atoms with Crippen LogP contribution in [0.2, 0.25) is 10.0 Å². The second-order valence-electron chi connectivity index (χ2n) is 6.80. The van der Waals surface area contributed by atoms with Crippen molar-refractivity contribution in [1.82, 2.24) is 9.55 Å². The number of nitrogens with zero attached hydrogens (tertiary/aromatic N) is 2. The first-order valence-corrected chi connectivity index (χ1v) is 9.73. The first kappa shape index (κ1) is 21.4. The van der Waals surface area contributed by atoms with Gasteiger partial charge in [-0.1, -0.05) is 47.5 Å². The minimum absolute atomic E-state index is 0.0460. The topological polar surface area (TPSA) is 55.1 Å². The zero-order valence-electron chi connectivity index (χ0n) is 15.6. The molecule has 4 nitrogen and oxygen atoms in total. The quantitative estimate of drug-likeness (QED) is 0.408. The van der Waals surface area contributed by atoms with E-state index in [-0.39, 0.29) is 21.1 Å². The highest BCUT2D eigenvalue weighted by Gasteiger charge is 2.35. The standard InChI is InChI=1S/C22H13Cl2F3N2O2/c23-15-6-4-12(5-7-15)20(31)14-9-18-17(13-2-1-3-16(24)8-13)10-19(30)29(22(25,26)27)21(18)28-11-14/h1-11,20,31H. The molecule has 2 heterocycles. The number of hydrogen-bond donors (Lipinski definition) is 1. The second kappa shape index (κ2) is 8.00. The summed E-state index contributed by atoms with van der Waals surface area (Å²) in [4.78, 5) is 16.2. The number of aliphatic hydroxyl groups excluding tert-OH is 1. The molecule has 1 N–H and O–H groups in total. The minimum atomic E-state index is -4.97. The van der Waals surface area contributed by atoms with Crippen molar-refractivity contribution in [3.63, 3.8) is 0 Å². The van der Waals surface area contributed by atoms with Crippen molar-refractivity contribution >= 4 is 34.2 Å². The van der Waals surface area contributed by atoms with Gasteiger partial charge in [-0.3, -0.25) is 4.79 Å². The molecule has 0 aliphatic carbocycles. The summed E-state index contributed by atoms with van der Waals surface area (Å²) in [5.74, 6) is 0. The van der Waals surface area contributed by atoms with Crippen LogP contribution >= 0.6 is 23.2 Å². The number of aromatic nitrogens is 2. The van der Waals surface area contributed by atoms with Crippen molar-refractivity contribution in [1.29, 1.82) is 0 Å². The molecule has 0 bridgehead atoms. The Labute approximate surface area is 184 Å². The molecule has 0 aliphatic rings. The first-order valence-electron chi connectivity index (χ1n) is 8.97. The molecule has 0 radical (unpaired) electrons. The highest BCUT2D eigenvalue weighted by atomic mass is 35.5. The van der Waals surface area contributed by atoms with Gasteiger partial charge in [-0.2, -0.15) is 0 Å². The van der Waals surface area contributed by atoms with Gasteiger partial charge in [-0.05, 0) is 47.0 Å². The van der Waals surface area contributed by atoms with Gasteiger partial charge in [0.05, 0.1) is 0 Å². The third kappa shape index (κ3) is 4.17. The van der Waals surface area contributed by atoms with Crippen LogP contribution in [0.25, 0.3) is 22.2 Å². The van der Waals surface area contributed by atoms with Crippen molar-refractivity contribution in [2.45, 2.75) is 12.4 Å². The molecule has 4 aromatic rings. The van der Waals surface area contributed by atoms with Gasteiger partial charge in [0.25, 0.3) is 5.56 Å². The second-order valence-corrected chi connectivity index (χ2v) is 7.68. The van der Waals surface area contributed by atoms with Gasteiger partial charge < -0.3 is 5.11 Å². The lowest BCUT2D eigenvalue weighted by Crippen LogP contribution is -2.31. The Balaban J connectivity index is 1.99. The predicted molar refractivity (Wildman–Crippen MR) is 113 cm³/mol. The zero-order valence-corrected chi connectivity index (χ0v) is 17.1. The summed E-state index contributed by atoms with van der Waals surface area (Å²) >= 11 is 11.9. The van der Waals surface area contributed by atoms with E-state index in [1.165, 1.54) is 12.1 Å². The van der Waals surface area contributed by atoms with E-state index < -0.39 is 23.6 Å². The molecule has 158 valence electrons. The van der Waals surface area contributed by atoms with Gasteiger partial charge in [0.2, 0.25) is 0 Å². The normalized spacial score (nSPS) is 12.8. The molecule has 0 fully saturated rings. The third-order valence-corrected chi connectivity index (χ3v) is 5.26. The number of halogens is 5. The van der Waals surface area contributed by atoms with Crippen LogP contribution in [0.5, 0.6) is 0 Å². The number of hydrogen-bond acceptors (Lipinski definition) is 3. The molecule has 0 spiro atoms. The minimum Gasteiger partial charge on any atom is -0.384 e. The summed E-state index contributed by atoms with van der Waals surface area (Å²) in [7, 11) is 0. The highest BCUT2D eigenvalue weighted by molar-refractivity contribution is 6.31. The van der Waals surface area contributed by atoms with E-state index in [1.807, 2.05) is 0 Å². The first-order chi connectivity index (χ1) is 14.6. The Hall–Kier alpha value is -2.87. The fourth-order valence-electron chi connectivity index (χ4n) is 3.35. The van der Waals surface area contributed by atoms with E-state index in [4.69, 9.17) is 23.2 Å². The average Bonchev–Trinajstić information content (AvgIpc) is 2.72. The molecule has 0 saturated carbocycles. The van der Waals surface area contributed by atoms with Gasteiger partial charge in [-0.25, -0.2) is 9.55 Å². The SMILES string of the molecule is O=c1cc(-c2cccc(Cl)c2)c2cc(C(O)c3ccc(Cl)cc3)cnc2n1C(F)(F)F. The van der Waals surface area contributed by atoms with E-state index in [0.717, 1.165) is 12.3 Å². The lowest BCUT2D eigenvalue weighted by Gasteiger charge is -2.17. The molecule has 0 amide bonds. The van der Waals surface area contributed by atoms with Crippen LogP contribution in [0.1, 0.15) is 17.2 Å². The average molecular weight is 465 g/mol. The number of rotatable bonds is 3. The molecule has 31 heavy (non-hydrogen) atoms. The predicted octanol–water partition coefficient (Wildman–Crippen LogP) is 5.93. The Kier molecular flexibility index (Phi) is 5.51. The van der Waals surface area contributed by atoms with Crippen molar-refractivity contribution in [2.75, 3.05) is 0 Å². The number of benzene rings is 2. The Morgan fingerprint density at radius 1 is 0.935 bits per heavy atom. The van der Waals surface area contributed by atoms with Crippen LogP contribution in [0.3, 0.4) is 0 Å². The van der Waals surface area contributed by atoms with Crippen LogP contribution in [-0.4, -0.2) is 14.7 Å². The third-order valence-electron chi connectivity index (χ3n) is 4.77. The molecular weight excluding hydrogens is 452 g/mol. The van der Waals surface area contributed by atoms with Crippen molar-refractivity contribution in [3.05, 3.63) is 98.4 Å². The van der Waals surface area contributed by atoms with Crippen molar-refractivity contribution in [3.8, 4) is 11.1 Å². The molecule has 0 saturated heterocycles. The van der Waals surface area contributed by atoms with Crippen LogP contribution in [0.15, 0.2) is 71.7 Å². The number of aliphatic hydroxyl groups is 1. The maximum absolute atomic E-state index is 13.6. The van der Waals surface area contributed by atoms with E-state index in [9.17, 15) is 23.1 Å². The molecule has 1 atom stereocenters. The maximum atomic E-state index is 13.6. The molecule has 4 rings (SSSR count). The molecular formula is C22H13Cl2F3N2O2. The number of pyridine rings is 2. The van der Waals surface area contributed by atoms with E-state index >= 15 is 0 Å². The summed E-state index contributed by atoms with van der Waals surface area (Å²) in [5, 5.41) is 11.6. The fourth-order valence-corrected chi connectivity index (χ4v) is 3.66. The molecule has 2 aromatic carbocycles. The zero-order chi connectivity index (χ0) is 22.3.